The number of hydrogen-bond acceptors (Lipinski definition) is 9. The summed E-state index contributed by atoms with van der Waals surface area (Å²) in [5.74, 6) is 0.217. The highest BCUT2D eigenvalue weighted by Crippen LogP contribution is 2.33. The monoisotopic (exact) mass is 599 g/mol. The molecule has 43 heavy (non-hydrogen) atoms. The minimum Gasteiger partial charge on any atom is -0.494 e. The summed E-state index contributed by atoms with van der Waals surface area (Å²) in [6.07, 6.45) is 2.20. The van der Waals surface area contributed by atoms with Gasteiger partial charge in [0.15, 0.2) is 0 Å². The summed E-state index contributed by atoms with van der Waals surface area (Å²) in [5, 5.41) is 9.53. The minimum atomic E-state index is -0.768. The van der Waals surface area contributed by atoms with Crippen LogP contribution in [0, 0.1) is 5.41 Å². The molecule has 236 valence electrons. The summed E-state index contributed by atoms with van der Waals surface area (Å²) in [6, 6.07) is 2.08. The number of likely N-dealkylation sites (tertiary alicyclic amines) is 1. The van der Waals surface area contributed by atoms with Gasteiger partial charge in [-0.05, 0) is 52.0 Å². The molecule has 13 nitrogen and oxygen atoms in total. The average molecular weight is 600 g/mol. The van der Waals surface area contributed by atoms with Gasteiger partial charge in [-0.3, -0.25) is 19.3 Å². The third-order valence-corrected chi connectivity index (χ3v) is 7.34. The molecule has 13 heteroatoms. The van der Waals surface area contributed by atoms with Gasteiger partial charge in [-0.25, -0.2) is 14.8 Å². The van der Waals surface area contributed by atoms with Crippen LogP contribution in [0.3, 0.4) is 0 Å². The average Bonchev–Trinajstić information content (AvgIpc) is 3.44. The molecule has 2 aromatic rings. The molecule has 3 rings (SSSR count). The van der Waals surface area contributed by atoms with Crippen LogP contribution in [0.4, 0.5) is 16.3 Å². The molecule has 1 aromatic heterocycles. The first-order valence-electron chi connectivity index (χ1n) is 14.4. The third-order valence-electron chi connectivity index (χ3n) is 7.34. The van der Waals surface area contributed by atoms with E-state index in [1.807, 2.05) is 13.8 Å². The molecule has 4 amide bonds. The van der Waals surface area contributed by atoms with Gasteiger partial charge in [-0.2, -0.15) is 0 Å². The maximum atomic E-state index is 13.4. The number of carbonyl (C=O) groups is 4. The zero-order chi connectivity index (χ0) is 32.1. The summed E-state index contributed by atoms with van der Waals surface area (Å²) < 4.78 is 10.8. The van der Waals surface area contributed by atoms with Crippen molar-refractivity contribution in [3.05, 3.63) is 18.5 Å². The van der Waals surface area contributed by atoms with Crippen LogP contribution < -0.4 is 20.7 Å². The second kappa shape index (κ2) is 13.4. The lowest BCUT2D eigenvalue weighted by Crippen LogP contribution is -2.50. The second-order valence-corrected chi connectivity index (χ2v) is 12.6. The van der Waals surface area contributed by atoms with Crippen molar-refractivity contribution in [3.63, 3.8) is 0 Å². The van der Waals surface area contributed by atoms with Crippen LogP contribution in [0.15, 0.2) is 18.5 Å². The van der Waals surface area contributed by atoms with E-state index in [9.17, 15) is 19.2 Å². The van der Waals surface area contributed by atoms with E-state index in [2.05, 4.69) is 25.9 Å². The number of carbonyl (C=O) groups excluding carboxylic acids is 4. The van der Waals surface area contributed by atoms with Crippen LogP contribution in [-0.2, 0) is 19.1 Å². The maximum Gasteiger partial charge on any atom is 0.410 e. The van der Waals surface area contributed by atoms with Crippen LogP contribution in [0.5, 0.6) is 5.75 Å². The van der Waals surface area contributed by atoms with Crippen molar-refractivity contribution >= 4 is 46.2 Å². The quantitative estimate of drug-likeness (QED) is 0.373. The van der Waals surface area contributed by atoms with E-state index < -0.39 is 29.2 Å². The number of methoxy groups -OCH3 is 1. The van der Waals surface area contributed by atoms with Gasteiger partial charge in [0.2, 0.25) is 17.7 Å². The first-order valence-corrected chi connectivity index (χ1v) is 14.4. The van der Waals surface area contributed by atoms with Crippen molar-refractivity contribution in [3.8, 4) is 5.75 Å². The second-order valence-electron chi connectivity index (χ2n) is 12.6. The van der Waals surface area contributed by atoms with E-state index in [1.165, 1.54) is 25.4 Å². The van der Waals surface area contributed by atoms with Crippen molar-refractivity contribution < 1.29 is 28.7 Å². The Kier molecular flexibility index (Phi) is 10.4. The smallest absolute Gasteiger partial charge is 0.410 e. The zero-order valence-corrected chi connectivity index (χ0v) is 26.7. The molecule has 1 aliphatic rings. The van der Waals surface area contributed by atoms with E-state index in [0.717, 1.165) is 5.39 Å². The normalized spacial score (nSPS) is 15.9. The number of nitrogens with one attached hydrogen (secondary N) is 3. The number of fused-ring (bicyclic) bond motifs is 1. The predicted octanol–water partition coefficient (Wildman–Crippen LogP) is 3.40. The largest absolute Gasteiger partial charge is 0.494 e. The van der Waals surface area contributed by atoms with E-state index in [4.69, 9.17) is 9.47 Å². The predicted molar refractivity (Wildman–Crippen MR) is 164 cm³/mol. The Bertz CT molecular complexity index is 1360. The fourth-order valence-electron chi connectivity index (χ4n) is 4.82. The molecule has 1 fully saturated rings. The third kappa shape index (κ3) is 8.45. The molecule has 2 unspecified atom stereocenters. The number of amides is 4. The van der Waals surface area contributed by atoms with Crippen LogP contribution in [-0.4, -0.2) is 95.6 Å². The zero-order valence-electron chi connectivity index (χ0n) is 26.7. The van der Waals surface area contributed by atoms with Crippen LogP contribution in [0.2, 0.25) is 0 Å². The standard InChI is InChI=1S/C30H45N7O6/c1-18(36(8)28(41)43-29(2,3)4)26(39)32-16-30(5,6)15-24(38)37-12-10-11-22(37)27(40)35-21-13-19-20(14-23(21)42-9)33-17-34-25(19)31-7/h13-14,17-18,22H,10-12,15-16H2,1-9H3,(H,32,39)(H,35,40)(H,31,33,34). The Morgan fingerprint density at radius 1 is 1.14 bits per heavy atom. The first kappa shape index (κ1) is 33.3. The molecule has 0 aliphatic carbocycles. The van der Waals surface area contributed by atoms with E-state index >= 15 is 0 Å². The number of likely N-dealkylation sites (N-methyl/N-ethyl adjacent to an activating group) is 1. The SMILES string of the molecule is CNc1ncnc2cc(OC)c(NC(=O)C3CCCN3C(=O)CC(C)(C)CNC(=O)C(C)N(C)C(=O)OC(C)(C)C)cc12. The van der Waals surface area contributed by atoms with Crippen LogP contribution in [0.25, 0.3) is 10.9 Å². The summed E-state index contributed by atoms with van der Waals surface area (Å²) in [6.45, 7) is 11.3. The molecule has 0 saturated carbocycles. The molecule has 0 bridgehead atoms. The number of aromatic nitrogens is 2. The summed E-state index contributed by atoms with van der Waals surface area (Å²) in [5.41, 5.74) is -0.168. The van der Waals surface area contributed by atoms with Crippen molar-refractivity contribution in [2.75, 3.05) is 44.9 Å². The van der Waals surface area contributed by atoms with Gasteiger partial charge in [-0.15, -0.1) is 0 Å². The Balaban J connectivity index is 1.63. The van der Waals surface area contributed by atoms with Crippen molar-refractivity contribution in [1.29, 1.82) is 0 Å². The number of hydrogen-bond donors (Lipinski definition) is 3. The first-order chi connectivity index (χ1) is 20.1. The molecule has 2 atom stereocenters. The lowest BCUT2D eigenvalue weighted by atomic mass is 9.88. The Morgan fingerprint density at radius 3 is 2.47 bits per heavy atom. The van der Waals surface area contributed by atoms with Gasteiger partial charge >= 0.3 is 6.09 Å². The minimum absolute atomic E-state index is 0.121. The Labute approximate surface area is 253 Å². The molecule has 1 saturated heterocycles. The number of rotatable bonds is 10. The van der Waals surface area contributed by atoms with E-state index in [1.54, 1.807) is 51.8 Å². The van der Waals surface area contributed by atoms with Crippen molar-refractivity contribution in [2.24, 2.45) is 5.41 Å². The van der Waals surface area contributed by atoms with Gasteiger partial charge < -0.3 is 30.3 Å². The summed E-state index contributed by atoms with van der Waals surface area (Å²) >= 11 is 0. The van der Waals surface area contributed by atoms with Gasteiger partial charge in [0, 0.05) is 45.1 Å². The number of nitrogens with zero attached hydrogens (tertiary/aromatic N) is 4. The topological polar surface area (TPSA) is 155 Å². The number of ether oxygens (including phenoxy) is 2. The van der Waals surface area contributed by atoms with E-state index in [0.29, 0.717) is 42.2 Å². The number of benzene rings is 1. The molecular weight excluding hydrogens is 554 g/mol. The lowest BCUT2D eigenvalue weighted by Gasteiger charge is -2.31. The summed E-state index contributed by atoms with van der Waals surface area (Å²) in [4.78, 5) is 63.4. The van der Waals surface area contributed by atoms with E-state index in [-0.39, 0.29) is 30.7 Å². The molecule has 3 N–H and O–H groups in total. The lowest BCUT2D eigenvalue weighted by molar-refractivity contribution is -0.138. The molecule has 0 spiro atoms. The van der Waals surface area contributed by atoms with Gasteiger partial charge in [0.05, 0.1) is 18.3 Å². The molecule has 1 aliphatic heterocycles. The molecule has 2 heterocycles. The highest BCUT2D eigenvalue weighted by Gasteiger charge is 2.37. The Morgan fingerprint density at radius 2 is 1.84 bits per heavy atom. The molecule has 0 radical (unpaired) electrons. The fourth-order valence-corrected chi connectivity index (χ4v) is 4.82. The highest BCUT2D eigenvalue weighted by molar-refractivity contribution is 6.02. The maximum absolute atomic E-state index is 13.4. The van der Waals surface area contributed by atoms with Gasteiger partial charge in [0.25, 0.3) is 0 Å². The fraction of sp³-hybridized carbons (Fsp3) is 0.600. The molecular formula is C30H45N7O6. The van der Waals surface area contributed by atoms with Gasteiger partial charge in [0.1, 0.15) is 35.6 Å². The highest BCUT2D eigenvalue weighted by atomic mass is 16.6. The van der Waals surface area contributed by atoms with Crippen molar-refractivity contribution in [1.82, 2.24) is 25.1 Å². The molecule has 1 aromatic carbocycles. The van der Waals surface area contributed by atoms with Crippen LogP contribution >= 0.6 is 0 Å². The van der Waals surface area contributed by atoms with Gasteiger partial charge in [-0.1, -0.05) is 13.8 Å². The van der Waals surface area contributed by atoms with Crippen LogP contribution in [0.1, 0.15) is 60.8 Å². The van der Waals surface area contributed by atoms with Crippen molar-refractivity contribution in [2.45, 2.75) is 78.5 Å². The number of anilines is 2. The summed E-state index contributed by atoms with van der Waals surface area (Å²) in [7, 11) is 4.77. The Hall–Kier alpha value is -4.16.